The Bertz CT molecular complexity index is 970. The summed E-state index contributed by atoms with van der Waals surface area (Å²) in [4.78, 5) is 12.2. The van der Waals surface area contributed by atoms with Crippen molar-refractivity contribution in [3.8, 4) is 11.3 Å². The number of carbonyl (C=O) groups is 1. The lowest BCUT2D eigenvalue weighted by molar-refractivity contribution is 0.104. The number of carbonyl (C=O) groups excluding carboxylic acids is 1. The fourth-order valence-corrected chi connectivity index (χ4v) is 2.53. The van der Waals surface area contributed by atoms with Crippen molar-refractivity contribution >= 4 is 11.9 Å². The first-order valence-corrected chi connectivity index (χ1v) is 8.05. The summed E-state index contributed by atoms with van der Waals surface area (Å²) in [7, 11) is 0. The minimum absolute atomic E-state index is 0.176. The summed E-state index contributed by atoms with van der Waals surface area (Å²) in [5, 5.41) is 7.21. The predicted molar refractivity (Wildman–Crippen MR) is 98.0 cm³/mol. The Morgan fingerprint density at radius 2 is 1.80 bits per heavy atom. The molecule has 0 saturated carbocycles. The third-order valence-corrected chi connectivity index (χ3v) is 4.26. The first kappa shape index (κ1) is 16.8. The van der Waals surface area contributed by atoms with E-state index in [9.17, 15) is 9.18 Å². The summed E-state index contributed by atoms with van der Waals surface area (Å²) in [6.45, 7) is 5.77. The maximum Gasteiger partial charge on any atom is 0.185 e. The molecular formula is C21H19FN2O. The van der Waals surface area contributed by atoms with Gasteiger partial charge in [-0.15, -0.1) is 0 Å². The van der Waals surface area contributed by atoms with E-state index in [4.69, 9.17) is 0 Å². The Hall–Kier alpha value is -3.01. The molecule has 0 aliphatic heterocycles. The van der Waals surface area contributed by atoms with Crippen LogP contribution in [0, 0.1) is 26.6 Å². The van der Waals surface area contributed by atoms with Gasteiger partial charge in [0.25, 0.3) is 0 Å². The van der Waals surface area contributed by atoms with Gasteiger partial charge in [-0.2, -0.15) is 5.10 Å². The van der Waals surface area contributed by atoms with Crippen LogP contribution in [-0.2, 0) is 0 Å². The number of benzene rings is 2. The van der Waals surface area contributed by atoms with E-state index in [0.717, 1.165) is 17.0 Å². The summed E-state index contributed by atoms with van der Waals surface area (Å²) in [6, 6.07) is 12.4. The van der Waals surface area contributed by atoms with Gasteiger partial charge in [0.1, 0.15) is 5.82 Å². The molecule has 0 atom stereocenters. The fraction of sp³-hybridized carbons (Fsp3) is 0.143. The Morgan fingerprint density at radius 1 is 1.00 bits per heavy atom. The largest absolute Gasteiger partial charge is 0.289 e. The highest BCUT2D eigenvalue weighted by Gasteiger charge is 2.06. The van der Waals surface area contributed by atoms with Crippen LogP contribution < -0.4 is 0 Å². The predicted octanol–water partition coefficient (Wildman–Crippen LogP) is 5.04. The number of nitrogens with zero attached hydrogens (tertiary/aromatic N) is 1. The Morgan fingerprint density at radius 3 is 2.52 bits per heavy atom. The lowest BCUT2D eigenvalue weighted by Crippen LogP contribution is -1.96. The number of ketones is 1. The molecule has 126 valence electrons. The number of halogens is 1. The second-order valence-electron chi connectivity index (χ2n) is 6.17. The summed E-state index contributed by atoms with van der Waals surface area (Å²) < 4.78 is 13.3. The first-order valence-electron chi connectivity index (χ1n) is 8.05. The third-order valence-electron chi connectivity index (χ3n) is 4.26. The highest BCUT2D eigenvalue weighted by atomic mass is 19.1. The van der Waals surface area contributed by atoms with Crippen molar-refractivity contribution < 1.29 is 9.18 Å². The van der Waals surface area contributed by atoms with Crippen LogP contribution in [-0.4, -0.2) is 16.0 Å². The Balaban J connectivity index is 1.78. The second-order valence-corrected chi connectivity index (χ2v) is 6.17. The number of H-pyrrole nitrogens is 1. The van der Waals surface area contributed by atoms with Crippen LogP contribution >= 0.6 is 0 Å². The summed E-state index contributed by atoms with van der Waals surface area (Å²) >= 11 is 0. The minimum atomic E-state index is -0.313. The molecular weight excluding hydrogens is 315 g/mol. The molecule has 25 heavy (non-hydrogen) atoms. The SMILES string of the molecule is Cc1ccc(-c2cc(/C=C/C(=O)c3ccc(F)c(C)c3)[nH]n2)cc1C. The lowest BCUT2D eigenvalue weighted by atomic mass is 10.0. The van der Waals surface area contributed by atoms with Gasteiger partial charge in [-0.05, 0) is 79.9 Å². The van der Waals surface area contributed by atoms with Crippen molar-refractivity contribution in [1.29, 1.82) is 0 Å². The minimum Gasteiger partial charge on any atom is -0.289 e. The number of hydrogen-bond donors (Lipinski definition) is 1. The van der Waals surface area contributed by atoms with Gasteiger partial charge in [-0.25, -0.2) is 4.39 Å². The van der Waals surface area contributed by atoms with Crippen LogP contribution in [0.2, 0.25) is 0 Å². The molecule has 4 heteroatoms. The zero-order valence-corrected chi connectivity index (χ0v) is 14.4. The quantitative estimate of drug-likeness (QED) is 0.537. The van der Waals surface area contributed by atoms with Crippen LogP contribution in [0.4, 0.5) is 4.39 Å². The molecule has 0 aliphatic rings. The van der Waals surface area contributed by atoms with Gasteiger partial charge in [-0.3, -0.25) is 9.89 Å². The summed E-state index contributed by atoms with van der Waals surface area (Å²) in [5.41, 5.74) is 5.95. The number of nitrogens with one attached hydrogen (secondary N) is 1. The first-order chi connectivity index (χ1) is 11.9. The molecule has 1 N–H and O–H groups in total. The topological polar surface area (TPSA) is 45.8 Å². The van der Waals surface area contributed by atoms with Crippen LogP contribution in [0.1, 0.15) is 32.7 Å². The molecule has 1 heterocycles. The zero-order chi connectivity index (χ0) is 18.0. The Labute approximate surface area is 146 Å². The standard InChI is InChI=1S/C21H19FN2O/c1-13-4-5-16(10-14(13)2)20-12-18(23-24-20)7-9-21(25)17-6-8-19(22)15(3)11-17/h4-12H,1-3H3,(H,23,24)/b9-7+. The lowest BCUT2D eigenvalue weighted by Gasteiger charge is -2.01. The van der Waals surface area contributed by atoms with E-state index < -0.39 is 0 Å². The molecule has 3 aromatic rings. The normalized spacial score (nSPS) is 11.2. The third kappa shape index (κ3) is 3.74. The van der Waals surface area contributed by atoms with Gasteiger partial charge >= 0.3 is 0 Å². The van der Waals surface area contributed by atoms with Crippen LogP contribution in [0.15, 0.2) is 48.5 Å². The molecule has 0 fully saturated rings. The molecule has 0 aliphatic carbocycles. The number of hydrogen-bond acceptors (Lipinski definition) is 2. The fourth-order valence-electron chi connectivity index (χ4n) is 2.53. The number of aromatic nitrogens is 2. The van der Waals surface area contributed by atoms with E-state index in [2.05, 4.69) is 36.2 Å². The molecule has 1 aromatic heterocycles. The maximum absolute atomic E-state index is 13.3. The van der Waals surface area contributed by atoms with Gasteiger partial charge in [0, 0.05) is 11.1 Å². The monoisotopic (exact) mass is 334 g/mol. The van der Waals surface area contributed by atoms with Crippen LogP contribution in [0.5, 0.6) is 0 Å². The van der Waals surface area contributed by atoms with E-state index in [1.54, 1.807) is 19.1 Å². The smallest absolute Gasteiger partial charge is 0.185 e. The van der Waals surface area contributed by atoms with Crippen LogP contribution in [0.3, 0.4) is 0 Å². The van der Waals surface area contributed by atoms with Crippen molar-refractivity contribution in [3.63, 3.8) is 0 Å². The number of aryl methyl sites for hydroxylation is 3. The van der Waals surface area contributed by atoms with Gasteiger partial charge < -0.3 is 0 Å². The second kappa shape index (κ2) is 6.85. The van der Waals surface area contributed by atoms with E-state index in [-0.39, 0.29) is 11.6 Å². The van der Waals surface area contributed by atoms with Gasteiger partial charge in [-0.1, -0.05) is 12.1 Å². The average molecular weight is 334 g/mol. The average Bonchev–Trinajstić information content (AvgIpc) is 3.06. The van der Waals surface area contributed by atoms with Gasteiger partial charge in [0.15, 0.2) is 5.78 Å². The molecule has 2 aromatic carbocycles. The van der Waals surface area contributed by atoms with Crippen molar-refractivity contribution in [3.05, 3.63) is 82.3 Å². The van der Waals surface area contributed by atoms with Crippen molar-refractivity contribution in [2.45, 2.75) is 20.8 Å². The van der Waals surface area contributed by atoms with E-state index in [0.29, 0.717) is 11.1 Å². The van der Waals surface area contributed by atoms with Crippen molar-refractivity contribution in [1.82, 2.24) is 10.2 Å². The molecule has 0 saturated heterocycles. The number of rotatable bonds is 4. The van der Waals surface area contributed by atoms with Gasteiger partial charge in [0.2, 0.25) is 0 Å². The number of aromatic amines is 1. The number of allylic oxidation sites excluding steroid dienone is 1. The van der Waals surface area contributed by atoms with Crippen molar-refractivity contribution in [2.24, 2.45) is 0 Å². The highest BCUT2D eigenvalue weighted by Crippen LogP contribution is 2.21. The Kier molecular flexibility index (Phi) is 4.61. The highest BCUT2D eigenvalue weighted by molar-refractivity contribution is 6.06. The molecule has 3 nitrogen and oxygen atoms in total. The molecule has 0 unspecified atom stereocenters. The van der Waals surface area contributed by atoms with Gasteiger partial charge in [0.05, 0.1) is 11.4 Å². The van der Waals surface area contributed by atoms with E-state index >= 15 is 0 Å². The molecule has 3 rings (SSSR count). The zero-order valence-electron chi connectivity index (χ0n) is 14.4. The van der Waals surface area contributed by atoms with E-state index in [1.807, 2.05) is 12.1 Å². The molecule has 0 bridgehead atoms. The molecule has 0 amide bonds. The van der Waals surface area contributed by atoms with Crippen LogP contribution in [0.25, 0.3) is 17.3 Å². The molecule has 0 radical (unpaired) electrons. The summed E-state index contributed by atoms with van der Waals surface area (Å²) in [5.74, 6) is -0.488. The summed E-state index contributed by atoms with van der Waals surface area (Å²) in [6.07, 6.45) is 3.14. The molecule has 0 spiro atoms. The van der Waals surface area contributed by atoms with E-state index in [1.165, 1.54) is 29.3 Å². The maximum atomic E-state index is 13.3. The van der Waals surface area contributed by atoms with Crippen molar-refractivity contribution in [2.75, 3.05) is 0 Å².